The Morgan fingerprint density at radius 1 is 1.35 bits per heavy atom. The van der Waals surface area contributed by atoms with Crippen LogP contribution in [-0.4, -0.2) is 20.9 Å². The second kappa shape index (κ2) is 7.67. The monoisotopic (exact) mass is 380 g/mol. The molecular weight excluding hydrogens is 365 g/mol. The van der Waals surface area contributed by atoms with E-state index in [0.717, 1.165) is 22.5 Å². The summed E-state index contributed by atoms with van der Waals surface area (Å²) in [6.45, 7) is 2.69. The van der Waals surface area contributed by atoms with Gasteiger partial charge in [-0.3, -0.25) is 4.68 Å². The number of nitrogens with zero attached hydrogens (tertiary/aromatic N) is 2. The number of aryl methyl sites for hydroxylation is 1. The Morgan fingerprint density at radius 2 is 2.13 bits per heavy atom. The number of para-hydroxylation sites is 1. The van der Waals surface area contributed by atoms with E-state index in [2.05, 4.69) is 11.2 Å². The maximum atomic E-state index is 10.7. The summed E-state index contributed by atoms with van der Waals surface area (Å²) in [5.41, 5.74) is 3.98. The van der Waals surface area contributed by atoms with Gasteiger partial charge in [0.2, 0.25) is 0 Å². The molecule has 0 saturated carbocycles. The van der Waals surface area contributed by atoms with Crippen molar-refractivity contribution in [1.29, 1.82) is 0 Å². The minimum absolute atomic E-state index is 0. The van der Waals surface area contributed by atoms with Gasteiger partial charge >= 0.3 is 5.97 Å². The van der Waals surface area contributed by atoms with Crippen molar-refractivity contribution in [2.75, 3.05) is 0 Å². The molecule has 1 heterocycles. The number of aromatic nitrogens is 2. The molecule has 0 aliphatic carbocycles. The first-order chi connectivity index (χ1) is 10.6. The predicted octanol–water partition coefficient (Wildman–Crippen LogP) is 3.29. The van der Waals surface area contributed by atoms with Crippen molar-refractivity contribution in [3.63, 3.8) is 0 Å². The standard InChI is InChI=1S/C18H15N2O2.Y/c1-13-6-2-3-7-14(13)12-20-17-9-5-4-8-15(17)16(19-20)10-11-18(21)22;/h3-11H,12H2,1H3,(H,21,22);/q-1;/b11-10+;. The van der Waals surface area contributed by atoms with E-state index < -0.39 is 5.97 Å². The van der Waals surface area contributed by atoms with E-state index in [1.165, 1.54) is 11.6 Å². The molecule has 0 aliphatic rings. The van der Waals surface area contributed by atoms with Crippen LogP contribution in [0.1, 0.15) is 16.8 Å². The van der Waals surface area contributed by atoms with Crippen LogP contribution >= 0.6 is 0 Å². The zero-order valence-electron chi connectivity index (χ0n) is 12.7. The normalized spacial score (nSPS) is 10.8. The first-order valence-corrected chi connectivity index (χ1v) is 6.97. The van der Waals surface area contributed by atoms with E-state index in [1.54, 1.807) is 0 Å². The van der Waals surface area contributed by atoms with Gasteiger partial charge in [0.1, 0.15) is 0 Å². The molecule has 1 radical (unpaired) electrons. The van der Waals surface area contributed by atoms with Crippen molar-refractivity contribution >= 4 is 22.9 Å². The number of fused-ring (bicyclic) bond motifs is 1. The largest absolute Gasteiger partial charge is 0.478 e. The summed E-state index contributed by atoms with van der Waals surface area (Å²) in [6, 6.07) is 16.7. The van der Waals surface area contributed by atoms with Crippen LogP contribution in [0.25, 0.3) is 17.0 Å². The van der Waals surface area contributed by atoms with Crippen LogP contribution in [0.5, 0.6) is 0 Å². The van der Waals surface area contributed by atoms with Crippen LogP contribution in [0.4, 0.5) is 0 Å². The average Bonchev–Trinajstić information content (AvgIpc) is 2.86. The fourth-order valence-corrected chi connectivity index (χ4v) is 2.43. The SMILES string of the molecule is Cc1c[c-]ccc1Cn1nc(/C=C/C(=O)O)c2ccccc21.[Y]. The van der Waals surface area contributed by atoms with Crippen LogP contribution in [0.15, 0.2) is 48.5 Å². The number of aliphatic carboxylic acids is 1. The third-order valence-electron chi connectivity index (χ3n) is 3.58. The van der Waals surface area contributed by atoms with Crippen molar-refractivity contribution < 1.29 is 42.6 Å². The Labute approximate surface area is 159 Å². The second-order valence-corrected chi connectivity index (χ2v) is 5.08. The van der Waals surface area contributed by atoms with Crippen LogP contribution in [0.3, 0.4) is 0 Å². The molecule has 1 N–H and O–H groups in total. The Balaban J connectivity index is 0.00000192. The molecule has 0 saturated heterocycles. The molecule has 0 unspecified atom stereocenters. The first kappa shape index (κ1) is 17.6. The number of hydrogen-bond donors (Lipinski definition) is 1. The van der Waals surface area contributed by atoms with Gasteiger partial charge in [0.15, 0.2) is 0 Å². The Bertz CT molecular complexity index is 868. The van der Waals surface area contributed by atoms with Gasteiger partial charge in [-0.25, -0.2) is 4.79 Å². The molecule has 0 bridgehead atoms. The molecule has 23 heavy (non-hydrogen) atoms. The molecule has 3 rings (SSSR count). The number of hydrogen-bond acceptors (Lipinski definition) is 2. The summed E-state index contributed by atoms with van der Waals surface area (Å²) in [7, 11) is 0. The molecule has 0 atom stereocenters. The van der Waals surface area contributed by atoms with E-state index in [1.807, 2.05) is 54.1 Å². The number of carbonyl (C=O) groups is 1. The number of carboxylic acid groups (broad SMARTS) is 1. The zero-order valence-corrected chi connectivity index (χ0v) is 15.6. The number of benzene rings is 2. The van der Waals surface area contributed by atoms with E-state index in [9.17, 15) is 4.79 Å². The summed E-state index contributed by atoms with van der Waals surface area (Å²) in [5, 5.41) is 14.3. The molecule has 5 heteroatoms. The fourth-order valence-electron chi connectivity index (χ4n) is 2.43. The van der Waals surface area contributed by atoms with Crippen LogP contribution in [-0.2, 0) is 44.0 Å². The van der Waals surface area contributed by atoms with Crippen LogP contribution in [0, 0.1) is 13.0 Å². The van der Waals surface area contributed by atoms with Crippen molar-refractivity contribution in [3.05, 3.63) is 71.4 Å². The van der Waals surface area contributed by atoms with Gasteiger partial charge in [0.05, 0.1) is 11.2 Å². The molecule has 0 fully saturated rings. The average molecular weight is 380 g/mol. The first-order valence-electron chi connectivity index (χ1n) is 6.97. The molecule has 4 nitrogen and oxygen atoms in total. The summed E-state index contributed by atoms with van der Waals surface area (Å²) in [5.74, 6) is -0.979. The van der Waals surface area contributed by atoms with Crippen molar-refractivity contribution in [2.45, 2.75) is 13.5 Å². The van der Waals surface area contributed by atoms with Crippen LogP contribution < -0.4 is 0 Å². The van der Waals surface area contributed by atoms with Gasteiger partial charge < -0.3 is 5.11 Å². The van der Waals surface area contributed by atoms with Crippen molar-refractivity contribution in [3.8, 4) is 0 Å². The maximum Gasteiger partial charge on any atom is 0.328 e. The summed E-state index contributed by atoms with van der Waals surface area (Å²) in [6.07, 6.45) is 2.65. The number of rotatable bonds is 4. The summed E-state index contributed by atoms with van der Waals surface area (Å²) in [4.78, 5) is 10.7. The van der Waals surface area contributed by atoms with E-state index in [4.69, 9.17) is 5.11 Å². The quantitative estimate of drug-likeness (QED) is 0.558. The molecule has 0 aliphatic heterocycles. The van der Waals surface area contributed by atoms with E-state index in [-0.39, 0.29) is 32.7 Å². The van der Waals surface area contributed by atoms with Gasteiger partial charge in [-0.1, -0.05) is 25.1 Å². The third kappa shape index (κ3) is 3.95. The molecule has 113 valence electrons. The second-order valence-electron chi connectivity index (χ2n) is 5.08. The maximum absolute atomic E-state index is 10.7. The minimum Gasteiger partial charge on any atom is -0.478 e. The molecule has 2 aromatic carbocycles. The van der Waals surface area contributed by atoms with E-state index in [0.29, 0.717) is 12.2 Å². The molecule has 3 aromatic rings. The van der Waals surface area contributed by atoms with Crippen LogP contribution in [0.2, 0.25) is 0 Å². The Hall–Kier alpha value is -1.78. The van der Waals surface area contributed by atoms with Gasteiger partial charge in [0, 0.05) is 50.7 Å². The third-order valence-corrected chi connectivity index (χ3v) is 3.58. The van der Waals surface area contributed by atoms with Gasteiger partial charge in [-0.15, -0.1) is 5.56 Å². The molecular formula is C18H15N2O2Y-. The molecule has 0 spiro atoms. The smallest absolute Gasteiger partial charge is 0.328 e. The Kier molecular flexibility index (Phi) is 5.86. The number of carboxylic acids is 1. The summed E-state index contributed by atoms with van der Waals surface area (Å²) >= 11 is 0. The van der Waals surface area contributed by atoms with Crippen molar-refractivity contribution in [2.24, 2.45) is 0 Å². The predicted molar refractivity (Wildman–Crippen MR) is 85.5 cm³/mol. The molecule has 1 aromatic heterocycles. The minimum atomic E-state index is -0.979. The molecule has 0 amide bonds. The fraction of sp³-hybridized carbons (Fsp3) is 0.111. The van der Waals surface area contributed by atoms with Crippen molar-refractivity contribution in [1.82, 2.24) is 9.78 Å². The van der Waals surface area contributed by atoms with Gasteiger partial charge in [-0.05, 0) is 12.1 Å². The topological polar surface area (TPSA) is 55.1 Å². The Morgan fingerprint density at radius 3 is 2.87 bits per heavy atom. The zero-order chi connectivity index (χ0) is 15.5. The summed E-state index contributed by atoms with van der Waals surface area (Å²) < 4.78 is 1.90. The van der Waals surface area contributed by atoms with E-state index >= 15 is 0 Å². The van der Waals surface area contributed by atoms with Gasteiger partial charge in [-0.2, -0.15) is 34.9 Å². The van der Waals surface area contributed by atoms with Gasteiger partial charge in [0.25, 0.3) is 0 Å².